The summed E-state index contributed by atoms with van der Waals surface area (Å²) in [6.45, 7) is 13.1. The zero-order chi connectivity index (χ0) is 27.8. The number of carbonyl (C=O) groups is 3. The van der Waals surface area contributed by atoms with E-state index in [0.29, 0.717) is 12.0 Å². The van der Waals surface area contributed by atoms with Gasteiger partial charge in [0.15, 0.2) is 0 Å². The Morgan fingerprint density at radius 2 is 1.73 bits per heavy atom. The first-order valence-corrected chi connectivity index (χ1v) is 12.6. The standard InChI is InChI=1S/C30H39N3O4/c1-9-21(4)25(32-29(36)37-30(6,7)8)28(35)33(10-2)26(24-18-20(3)16-17-22(24)5)27(34)31-19-23-14-12-11-13-15-23/h2,11-18,21,25-26H,9,19H2,1,3-8H3,(H,31,34)(H,32,36). The van der Waals surface area contributed by atoms with Crippen LogP contribution in [0.5, 0.6) is 0 Å². The number of carbonyl (C=O) groups excluding carboxylic acids is 3. The van der Waals surface area contributed by atoms with E-state index in [9.17, 15) is 14.4 Å². The van der Waals surface area contributed by atoms with Gasteiger partial charge in [-0.2, -0.15) is 0 Å². The summed E-state index contributed by atoms with van der Waals surface area (Å²) >= 11 is 0. The molecule has 2 aromatic rings. The van der Waals surface area contributed by atoms with Crippen molar-refractivity contribution in [2.24, 2.45) is 5.92 Å². The van der Waals surface area contributed by atoms with Crippen LogP contribution >= 0.6 is 0 Å². The Balaban J connectivity index is 2.47. The van der Waals surface area contributed by atoms with Gasteiger partial charge in [-0.3, -0.25) is 14.5 Å². The lowest BCUT2D eigenvalue weighted by atomic mass is 9.94. The average molecular weight is 506 g/mol. The maximum absolute atomic E-state index is 13.9. The first-order valence-electron chi connectivity index (χ1n) is 12.6. The highest BCUT2D eigenvalue weighted by Crippen LogP contribution is 2.27. The summed E-state index contributed by atoms with van der Waals surface area (Å²) in [5.41, 5.74) is 2.54. The van der Waals surface area contributed by atoms with Crippen molar-refractivity contribution >= 4 is 17.9 Å². The molecular weight excluding hydrogens is 466 g/mol. The van der Waals surface area contributed by atoms with Gasteiger partial charge in [-0.1, -0.05) is 80.8 Å². The number of hydrogen-bond acceptors (Lipinski definition) is 4. The number of hydrogen-bond donors (Lipinski definition) is 2. The van der Waals surface area contributed by atoms with E-state index in [4.69, 9.17) is 11.2 Å². The van der Waals surface area contributed by atoms with Crippen LogP contribution in [0, 0.1) is 32.2 Å². The van der Waals surface area contributed by atoms with Crippen molar-refractivity contribution in [2.45, 2.75) is 79.1 Å². The predicted molar refractivity (Wildman–Crippen MR) is 145 cm³/mol. The molecule has 2 aromatic carbocycles. The second-order valence-electron chi connectivity index (χ2n) is 10.3. The van der Waals surface area contributed by atoms with Gasteiger partial charge < -0.3 is 15.4 Å². The zero-order valence-electron chi connectivity index (χ0n) is 22.9. The first kappa shape index (κ1) is 29.4. The highest BCUT2D eigenvalue weighted by atomic mass is 16.6. The quantitative estimate of drug-likeness (QED) is 0.370. The molecular formula is C30H39N3O4. The van der Waals surface area contributed by atoms with Gasteiger partial charge >= 0.3 is 6.09 Å². The summed E-state index contributed by atoms with van der Waals surface area (Å²) in [6.07, 6.45) is 5.76. The van der Waals surface area contributed by atoms with Crippen molar-refractivity contribution in [3.8, 4) is 12.5 Å². The summed E-state index contributed by atoms with van der Waals surface area (Å²) in [6, 6.07) is 15.5. The summed E-state index contributed by atoms with van der Waals surface area (Å²) in [5.74, 6) is -1.23. The van der Waals surface area contributed by atoms with E-state index < -0.39 is 35.6 Å². The molecule has 0 aliphatic rings. The van der Waals surface area contributed by atoms with Crippen LogP contribution in [-0.2, 0) is 20.9 Å². The van der Waals surface area contributed by atoms with Crippen LogP contribution in [0.15, 0.2) is 48.5 Å². The molecule has 3 amide bonds. The molecule has 2 rings (SSSR count). The molecule has 0 spiro atoms. The lowest BCUT2D eigenvalue weighted by molar-refractivity contribution is -0.139. The highest BCUT2D eigenvalue weighted by Gasteiger charge is 2.38. The largest absolute Gasteiger partial charge is 0.444 e. The summed E-state index contributed by atoms with van der Waals surface area (Å²) in [5, 5.41) is 5.62. The van der Waals surface area contributed by atoms with Crippen molar-refractivity contribution in [3.05, 3.63) is 70.8 Å². The van der Waals surface area contributed by atoms with Crippen molar-refractivity contribution < 1.29 is 19.1 Å². The zero-order valence-corrected chi connectivity index (χ0v) is 22.9. The molecule has 0 aliphatic carbocycles. The van der Waals surface area contributed by atoms with Crippen molar-refractivity contribution in [1.29, 1.82) is 0 Å². The normalized spacial score (nSPS) is 13.5. The Labute approximate surface area is 221 Å². The molecule has 37 heavy (non-hydrogen) atoms. The number of nitrogens with zero attached hydrogens (tertiary/aromatic N) is 1. The van der Waals surface area contributed by atoms with Crippen LogP contribution in [0.3, 0.4) is 0 Å². The molecule has 0 fully saturated rings. The van der Waals surface area contributed by atoms with E-state index in [1.807, 2.05) is 76.2 Å². The van der Waals surface area contributed by atoms with E-state index in [0.717, 1.165) is 21.6 Å². The lowest BCUT2D eigenvalue weighted by Crippen LogP contribution is -2.54. The number of alkyl carbamates (subject to hydrolysis) is 1. The molecule has 0 aromatic heterocycles. The molecule has 2 N–H and O–H groups in total. The Bertz CT molecular complexity index is 1130. The highest BCUT2D eigenvalue weighted by molar-refractivity contribution is 5.93. The van der Waals surface area contributed by atoms with Gasteiger partial charge in [-0.05, 0) is 57.2 Å². The molecule has 7 nitrogen and oxygen atoms in total. The summed E-state index contributed by atoms with van der Waals surface area (Å²) in [4.78, 5) is 41.2. The molecule has 3 atom stereocenters. The molecule has 0 heterocycles. The Morgan fingerprint density at radius 3 is 2.30 bits per heavy atom. The van der Waals surface area contributed by atoms with Crippen LogP contribution in [0.4, 0.5) is 4.79 Å². The molecule has 0 saturated heterocycles. The van der Waals surface area contributed by atoms with Crippen LogP contribution in [0.1, 0.15) is 69.3 Å². The smallest absolute Gasteiger partial charge is 0.408 e. The van der Waals surface area contributed by atoms with Gasteiger partial charge in [0.05, 0.1) is 0 Å². The van der Waals surface area contributed by atoms with E-state index in [1.54, 1.807) is 20.8 Å². The maximum atomic E-state index is 13.9. The van der Waals surface area contributed by atoms with Gasteiger partial charge in [0.2, 0.25) is 5.91 Å². The van der Waals surface area contributed by atoms with E-state index >= 15 is 0 Å². The Morgan fingerprint density at radius 1 is 1.08 bits per heavy atom. The van der Waals surface area contributed by atoms with E-state index in [1.165, 1.54) is 0 Å². The number of rotatable bonds is 9. The molecule has 7 heteroatoms. The molecule has 198 valence electrons. The third kappa shape index (κ3) is 8.38. The second kappa shape index (κ2) is 13.0. The maximum Gasteiger partial charge on any atom is 0.408 e. The van der Waals surface area contributed by atoms with Crippen LogP contribution < -0.4 is 10.6 Å². The first-order chi connectivity index (χ1) is 17.4. The summed E-state index contributed by atoms with van der Waals surface area (Å²) in [7, 11) is 0. The topological polar surface area (TPSA) is 87.7 Å². The molecule has 0 aliphatic heterocycles. The fourth-order valence-corrected chi connectivity index (χ4v) is 3.87. The Kier molecular flexibility index (Phi) is 10.3. The predicted octanol–water partition coefficient (Wildman–Crippen LogP) is 5.02. The second-order valence-corrected chi connectivity index (χ2v) is 10.3. The van der Waals surface area contributed by atoms with Gasteiger partial charge in [-0.25, -0.2) is 4.79 Å². The lowest BCUT2D eigenvalue weighted by Gasteiger charge is -2.33. The van der Waals surface area contributed by atoms with Crippen molar-refractivity contribution in [3.63, 3.8) is 0 Å². The third-order valence-corrected chi connectivity index (χ3v) is 6.07. The van der Waals surface area contributed by atoms with E-state index in [-0.39, 0.29) is 12.5 Å². The Hall–Kier alpha value is -3.79. The number of aryl methyl sites for hydroxylation is 2. The molecule has 0 saturated carbocycles. The van der Waals surface area contributed by atoms with Crippen molar-refractivity contribution in [1.82, 2.24) is 15.5 Å². The fourth-order valence-electron chi connectivity index (χ4n) is 3.87. The summed E-state index contributed by atoms with van der Waals surface area (Å²) < 4.78 is 5.39. The number of ether oxygens (including phenoxy) is 1. The SMILES string of the molecule is C#CN(C(=O)C(NC(=O)OC(C)(C)C)C(C)CC)C(C(=O)NCc1ccccc1)c1cc(C)ccc1C. The molecule has 0 bridgehead atoms. The number of benzene rings is 2. The third-order valence-electron chi connectivity index (χ3n) is 6.07. The fraction of sp³-hybridized carbons (Fsp3) is 0.433. The van der Waals surface area contributed by atoms with Gasteiger partial charge in [0.25, 0.3) is 5.91 Å². The number of amides is 3. The minimum atomic E-state index is -1.09. The monoisotopic (exact) mass is 505 g/mol. The van der Waals surface area contributed by atoms with E-state index in [2.05, 4.69) is 16.7 Å². The van der Waals surface area contributed by atoms with Crippen LogP contribution in [0.25, 0.3) is 0 Å². The molecule has 0 radical (unpaired) electrons. The van der Waals surface area contributed by atoms with Gasteiger partial charge in [0, 0.05) is 12.6 Å². The average Bonchev–Trinajstić information content (AvgIpc) is 2.84. The van der Waals surface area contributed by atoms with Gasteiger partial charge in [-0.15, -0.1) is 0 Å². The van der Waals surface area contributed by atoms with Gasteiger partial charge in [0.1, 0.15) is 17.7 Å². The number of nitrogens with one attached hydrogen (secondary N) is 2. The van der Waals surface area contributed by atoms with Crippen molar-refractivity contribution in [2.75, 3.05) is 0 Å². The number of terminal acetylenes is 1. The van der Waals surface area contributed by atoms with Crippen LogP contribution in [-0.4, -0.2) is 34.5 Å². The van der Waals surface area contributed by atoms with Crippen LogP contribution in [0.2, 0.25) is 0 Å². The minimum absolute atomic E-state index is 0.262. The molecule has 3 unspecified atom stereocenters. The minimum Gasteiger partial charge on any atom is -0.444 e.